The molecule has 0 radical (unpaired) electrons. The predicted molar refractivity (Wildman–Crippen MR) is 81.0 cm³/mol. The van der Waals surface area contributed by atoms with E-state index < -0.39 is 0 Å². The van der Waals surface area contributed by atoms with Crippen LogP contribution in [-0.2, 0) is 6.54 Å². The molecule has 1 N–H and O–H groups in total. The second-order valence-electron chi connectivity index (χ2n) is 3.69. The Kier molecular flexibility index (Phi) is 6.19. The highest BCUT2D eigenvalue weighted by Crippen LogP contribution is 2.23. The van der Waals surface area contributed by atoms with Crippen LogP contribution in [0.1, 0.15) is 5.76 Å². The zero-order valence-electron chi connectivity index (χ0n) is 9.86. The fraction of sp³-hybridized carbons (Fsp3) is 0.143. The molecule has 0 amide bonds. The van der Waals surface area contributed by atoms with E-state index in [9.17, 15) is 0 Å². The van der Waals surface area contributed by atoms with Gasteiger partial charge in [-0.1, -0.05) is 34.1 Å². The summed E-state index contributed by atoms with van der Waals surface area (Å²) in [5.74, 6) is 1.83. The molecule has 4 heteroatoms. The first-order chi connectivity index (χ1) is 8.29. The van der Waals surface area contributed by atoms with Gasteiger partial charge in [0.05, 0.1) is 6.54 Å². The number of nitrogens with one attached hydrogen (secondary N) is 1. The lowest BCUT2D eigenvalue weighted by molar-refractivity contribution is 0.502. The number of benzene rings is 1. The fourth-order valence-electron chi connectivity index (χ4n) is 1.54. The van der Waals surface area contributed by atoms with Crippen molar-refractivity contribution in [1.29, 1.82) is 0 Å². The van der Waals surface area contributed by atoms with Gasteiger partial charge >= 0.3 is 0 Å². The largest absolute Gasteiger partial charge is 0.460 e. The van der Waals surface area contributed by atoms with Gasteiger partial charge < -0.3 is 9.73 Å². The van der Waals surface area contributed by atoms with Crippen molar-refractivity contribution in [3.05, 3.63) is 59.3 Å². The highest BCUT2D eigenvalue weighted by Gasteiger charge is 2.03. The average Bonchev–Trinajstić information content (AvgIpc) is 2.79. The molecule has 18 heavy (non-hydrogen) atoms. The van der Waals surface area contributed by atoms with Crippen molar-refractivity contribution in [3.63, 3.8) is 0 Å². The fourth-order valence-corrected chi connectivity index (χ4v) is 1.80. The first-order valence-electron chi connectivity index (χ1n) is 5.46. The quantitative estimate of drug-likeness (QED) is 0.650. The number of hydrogen-bond acceptors (Lipinski definition) is 2. The van der Waals surface area contributed by atoms with Gasteiger partial charge in [0, 0.05) is 16.6 Å². The van der Waals surface area contributed by atoms with Crippen molar-refractivity contribution in [2.75, 3.05) is 6.54 Å². The smallest absolute Gasteiger partial charge is 0.134 e. The first kappa shape index (κ1) is 15.0. The zero-order chi connectivity index (χ0) is 12.1. The lowest BCUT2D eigenvalue weighted by Crippen LogP contribution is -2.11. The Bertz CT molecular complexity index is 493. The van der Waals surface area contributed by atoms with Crippen molar-refractivity contribution >= 4 is 28.3 Å². The Hall–Kier alpha value is -1.03. The van der Waals surface area contributed by atoms with E-state index in [1.165, 1.54) is 0 Å². The highest BCUT2D eigenvalue weighted by atomic mass is 79.9. The van der Waals surface area contributed by atoms with Crippen LogP contribution in [0, 0.1) is 0 Å². The molecule has 1 aromatic carbocycles. The number of hydrogen-bond donors (Lipinski definition) is 1. The van der Waals surface area contributed by atoms with Gasteiger partial charge in [-0.15, -0.1) is 19.0 Å². The van der Waals surface area contributed by atoms with Crippen LogP contribution in [0.15, 0.2) is 57.9 Å². The van der Waals surface area contributed by atoms with Crippen molar-refractivity contribution < 1.29 is 4.42 Å². The Balaban J connectivity index is 0.00000162. The molecule has 0 saturated carbocycles. The second-order valence-corrected chi connectivity index (χ2v) is 4.61. The number of halogens is 2. The van der Waals surface area contributed by atoms with Crippen LogP contribution in [0.25, 0.3) is 11.3 Å². The van der Waals surface area contributed by atoms with E-state index in [1.54, 1.807) is 0 Å². The van der Waals surface area contributed by atoms with Crippen LogP contribution in [0.4, 0.5) is 0 Å². The summed E-state index contributed by atoms with van der Waals surface area (Å²) in [4.78, 5) is 0. The maximum absolute atomic E-state index is 5.74. The third kappa shape index (κ3) is 4.02. The molecule has 0 bridgehead atoms. The van der Waals surface area contributed by atoms with Gasteiger partial charge in [-0.05, 0) is 24.3 Å². The van der Waals surface area contributed by atoms with Gasteiger partial charge in [0.2, 0.25) is 0 Å². The topological polar surface area (TPSA) is 25.2 Å². The van der Waals surface area contributed by atoms with Crippen LogP contribution in [0.3, 0.4) is 0 Å². The minimum atomic E-state index is 0. The van der Waals surface area contributed by atoms with E-state index in [0.29, 0.717) is 0 Å². The molecule has 2 nitrogen and oxygen atoms in total. The molecule has 0 aliphatic carbocycles. The monoisotopic (exact) mass is 327 g/mol. The molecule has 2 rings (SSSR count). The van der Waals surface area contributed by atoms with Crippen LogP contribution >= 0.6 is 28.3 Å². The molecule has 96 valence electrons. The Labute approximate surface area is 122 Å². The zero-order valence-corrected chi connectivity index (χ0v) is 12.3. The molecule has 1 aromatic heterocycles. The van der Waals surface area contributed by atoms with E-state index in [-0.39, 0.29) is 12.4 Å². The summed E-state index contributed by atoms with van der Waals surface area (Å²) >= 11 is 3.42. The standard InChI is InChI=1S/C14H14BrNO.ClH/c1-2-9-16-10-13-7-8-14(17-13)11-3-5-12(15)6-4-11;/h2-8,16H,1,9-10H2;1H. The number of furan rings is 1. The molecule has 0 aliphatic heterocycles. The molecular weight excluding hydrogens is 314 g/mol. The summed E-state index contributed by atoms with van der Waals surface area (Å²) in [6.07, 6.45) is 1.83. The average molecular weight is 329 g/mol. The SMILES string of the molecule is C=CCNCc1ccc(-c2ccc(Br)cc2)o1.Cl. The summed E-state index contributed by atoms with van der Waals surface area (Å²) in [5.41, 5.74) is 1.09. The summed E-state index contributed by atoms with van der Waals surface area (Å²) in [6.45, 7) is 5.17. The summed E-state index contributed by atoms with van der Waals surface area (Å²) in [6, 6.07) is 12.1. The van der Waals surface area contributed by atoms with Crippen molar-refractivity contribution in [2.45, 2.75) is 6.54 Å². The maximum Gasteiger partial charge on any atom is 0.134 e. The normalized spacial score (nSPS) is 9.83. The molecule has 0 atom stereocenters. The Morgan fingerprint density at radius 1 is 1.17 bits per heavy atom. The molecule has 0 fully saturated rings. The Morgan fingerprint density at radius 3 is 2.56 bits per heavy atom. The predicted octanol–water partition coefficient (Wildman–Crippen LogP) is 4.41. The summed E-state index contributed by atoms with van der Waals surface area (Å²) in [5, 5.41) is 3.21. The van der Waals surface area contributed by atoms with Gasteiger partial charge in [-0.3, -0.25) is 0 Å². The molecule has 2 aromatic rings. The maximum atomic E-state index is 5.74. The summed E-state index contributed by atoms with van der Waals surface area (Å²) in [7, 11) is 0. The second kappa shape index (κ2) is 7.41. The highest BCUT2D eigenvalue weighted by molar-refractivity contribution is 9.10. The van der Waals surface area contributed by atoms with Gasteiger partial charge in [0.25, 0.3) is 0 Å². The summed E-state index contributed by atoms with van der Waals surface area (Å²) < 4.78 is 6.81. The van der Waals surface area contributed by atoms with E-state index >= 15 is 0 Å². The first-order valence-corrected chi connectivity index (χ1v) is 6.25. The molecule has 1 heterocycles. The van der Waals surface area contributed by atoms with Gasteiger partial charge in [-0.25, -0.2) is 0 Å². The van der Waals surface area contributed by atoms with E-state index in [4.69, 9.17) is 4.42 Å². The minimum absolute atomic E-state index is 0. The van der Waals surface area contributed by atoms with Crippen molar-refractivity contribution in [3.8, 4) is 11.3 Å². The number of rotatable bonds is 5. The lowest BCUT2D eigenvalue weighted by atomic mass is 10.2. The van der Waals surface area contributed by atoms with Crippen molar-refractivity contribution in [1.82, 2.24) is 5.32 Å². The van der Waals surface area contributed by atoms with Gasteiger partial charge in [-0.2, -0.15) is 0 Å². The van der Waals surface area contributed by atoms with Crippen LogP contribution < -0.4 is 5.32 Å². The molecule has 0 aliphatic rings. The minimum Gasteiger partial charge on any atom is -0.460 e. The van der Waals surface area contributed by atoms with Gasteiger partial charge in [0.15, 0.2) is 0 Å². The van der Waals surface area contributed by atoms with Crippen molar-refractivity contribution in [2.24, 2.45) is 0 Å². The van der Waals surface area contributed by atoms with Crippen LogP contribution in [-0.4, -0.2) is 6.54 Å². The van der Waals surface area contributed by atoms with E-state index in [0.717, 1.165) is 34.6 Å². The molecule has 0 saturated heterocycles. The van der Waals surface area contributed by atoms with E-state index in [2.05, 4.69) is 27.8 Å². The lowest BCUT2D eigenvalue weighted by Gasteiger charge is -1.99. The van der Waals surface area contributed by atoms with Gasteiger partial charge in [0.1, 0.15) is 11.5 Å². The van der Waals surface area contributed by atoms with Crippen LogP contribution in [0.5, 0.6) is 0 Å². The van der Waals surface area contributed by atoms with Crippen LogP contribution in [0.2, 0.25) is 0 Å². The van der Waals surface area contributed by atoms with E-state index in [1.807, 2.05) is 42.5 Å². The third-order valence-electron chi connectivity index (χ3n) is 2.38. The third-order valence-corrected chi connectivity index (χ3v) is 2.91. The molecule has 0 spiro atoms. The Morgan fingerprint density at radius 2 is 1.89 bits per heavy atom. The molecule has 0 unspecified atom stereocenters. The molecular formula is C14H15BrClNO.